The number of hydrogen-bond donors (Lipinski definition) is 1. The summed E-state index contributed by atoms with van der Waals surface area (Å²) in [5, 5.41) is 0. The molecule has 0 radical (unpaired) electrons. The molecule has 5 heteroatoms. The number of anilines is 1. The van der Waals surface area contributed by atoms with Gasteiger partial charge in [-0.1, -0.05) is 27.7 Å². The van der Waals surface area contributed by atoms with Gasteiger partial charge in [-0.05, 0) is 35.8 Å². The molecule has 0 bridgehead atoms. The minimum atomic E-state index is 0.322. The Kier molecular flexibility index (Phi) is 5.41. The molecule has 0 aliphatic carbocycles. The maximum absolute atomic E-state index is 5.52. The molecule has 0 amide bonds. The molecule has 0 saturated heterocycles. The van der Waals surface area contributed by atoms with E-state index in [9.17, 15) is 0 Å². The average molecular weight is 299 g/mol. The van der Waals surface area contributed by atoms with Crippen molar-refractivity contribution in [3.05, 3.63) is 41.7 Å². The first kappa shape index (κ1) is 16.3. The summed E-state index contributed by atoms with van der Waals surface area (Å²) in [6.45, 7) is 8.66. The molecule has 2 rings (SSSR count). The van der Waals surface area contributed by atoms with Crippen molar-refractivity contribution in [3.63, 3.8) is 0 Å². The highest BCUT2D eigenvalue weighted by Gasteiger charge is 2.13. The van der Waals surface area contributed by atoms with Gasteiger partial charge in [-0.3, -0.25) is 0 Å². The summed E-state index contributed by atoms with van der Waals surface area (Å²) < 4.78 is 0. The SMILES string of the molecule is CC(C)c1cnc(C(C)CCC(C)c2cnc(N)nc2)nc1. The number of nitrogen functional groups attached to an aromatic ring is 1. The van der Waals surface area contributed by atoms with Crippen molar-refractivity contribution in [2.45, 2.75) is 58.3 Å². The van der Waals surface area contributed by atoms with E-state index < -0.39 is 0 Å². The highest BCUT2D eigenvalue weighted by molar-refractivity contribution is 5.19. The van der Waals surface area contributed by atoms with Crippen molar-refractivity contribution in [2.75, 3.05) is 5.73 Å². The number of nitrogens with two attached hydrogens (primary N) is 1. The highest BCUT2D eigenvalue weighted by Crippen LogP contribution is 2.25. The van der Waals surface area contributed by atoms with Gasteiger partial charge in [0.2, 0.25) is 5.95 Å². The van der Waals surface area contributed by atoms with Gasteiger partial charge in [0.1, 0.15) is 5.82 Å². The Morgan fingerprint density at radius 3 is 1.82 bits per heavy atom. The van der Waals surface area contributed by atoms with Crippen LogP contribution in [0.5, 0.6) is 0 Å². The van der Waals surface area contributed by atoms with Gasteiger partial charge in [0, 0.05) is 30.7 Å². The molecule has 2 N–H and O–H groups in total. The molecule has 2 aromatic rings. The predicted molar refractivity (Wildman–Crippen MR) is 88.6 cm³/mol. The van der Waals surface area contributed by atoms with Crippen molar-refractivity contribution >= 4 is 5.95 Å². The second-order valence-electron chi connectivity index (χ2n) is 6.28. The van der Waals surface area contributed by atoms with Crippen LogP contribution in [0.25, 0.3) is 0 Å². The molecule has 0 aliphatic rings. The van der Waals surface area contributed by atoms with Crippen LogP contribution in [0.2, 0.25) is 0 Å². The van der Waals surface area contributed by atoms with Gasteiger partial charge in [-0.25, -0.2) is 19.9 Å². The molecule has 0 aromatic carbocycles. The number of aromatic nitrogens is 4. The van der Waals surface area contributed by atoms with Gasteiger partial charge in [0.25, 0.3) is 0 Å². The third-order valence-electron chi connectivity index (χ3n) is 4.09. The lowest BCUT2D eigenvalue weighted by Gasteiger charge is -2.15. The number of rotatable bonds is 6. The van der Waals surface area contributed by atoms with E-state index >= 15 is 0 Å². The predicted octanol–water partition coefficient (Wildman–Crippen LogP) is 3.66. The van der Waals surface area contributed by atoms with E-state index in [0.29, 0.717) is 23.7 Å². The summed E-state index contributed by atoms with van der Waals surface area (Å²) in [6.07, 6.45) is 9.59. The van der Waals surface area contributed by atoms with Crippen LogP contribution in [0, 0.1) is 0 Å². The highest BCUT2D eigenvalue weighted by atomic mass is 15.0. The minimum Gasteiger partial charge on any atom is -0.368 e. The Labute approximate surface area is 132 Å². The van der Waals surface area contributed by atoms with Crippen molar-refractivity contribution in [1.82, 2.24) is 19.9 Å². The molecular weight excluding hydrogens is 274 g/mol. The molecule has 5 nitrogen and oxygen atoms in total. The van der Waals surface area contributed by atoms with Crippen LogP contribution in [0.15, 0.2) is 24.8 Å². The maximum Gasteiger partial charge on any atom is 0.219 e. The van der Waals surface area contributed by atoms with E-state index in [-0.39, 0.29) is 0 Å². The summed E-state index contributed by atoms with van der Waals surface area (Å²) in [4.78, 5) is 17.1. The molecule has 2 aromatic heterocycles. The zero-order valence-electron chi connectivity index (χ0n) is 13.8. The van der Waals surface area contributed by atoms with Crippen LogP contribution >= 0.6 is 0 Å². The molecule has 0 saturated carbocycles. The van der Waals surface area contributed by atoms with Crippen LogP contribution in [0.1, 0.15) is 75.2 Å². The van der Waals surface area contributed by atoms with E-state index in [0.717, 1.165) is 24.2 Å². The van der Waals surface area contributed by atoms with E-state index in [4.69, 9.17) is 5.73 Å². The summed E-state index contributed by atoms with van der Waals surface area (Å²) in [5.74, 6) is 2.46. The van der Waals surface area contributed by atoms with Gasteiger partial charge in [-0.15, -0.1) is 0 Å². The van der Waals surface area contributed by atoms with Gasteiger partial charge >= 0.3 is 0 Å². The first-order valence-electron chi connectivity index (χ1n) is 7.86. The Morgan fingerprint density at radius 1 is 0.773 bits per heavy atom. The summed E-state index contributed by atoms with van der Waals surface area (Å²) >= 11 is 0. The summed E-state index contributed by atoms with van der Waals surface area (Å²) in [6, 6.07) is 0. The summed E-state index contributed by atoms with van der Waals surface area (Å²) in [7, 11) is 0. The smallest absolute Gasteiger partial charge is 0.219 e. The molecule has 2 heterocycles. The molecule has 118 valence electrons. The second kappa shape index (κ2) is 7.29. The fraction of sp³-hybridized carbons (Fsp3) is 0.529. The van der Waals surface area contributed by atoms with Gasteiger partial charge < -0.3 is 5.73 Å². The standard InChI is InChI=1S/C17H25N5/c1-11(2)14-7-19-16(20-8-14)13(4)6-5-12(3)15-9-21-17(18)22-10-15/h7-13H,5-6H2,1-4H3,(H2,18,21,22). The Bertz CT molecular complexity index is 577. The lowest BCUT2D eigenvalue weighted by molar-refractivity contribution is 0.552. The first-order chi connectivity index (χ1) is 10.5. The van der Waals surface area contributed by atoms with E-state index in [2.05, 4.69) is 47.6 Å². The molecule has 0 fully saturated rings. The molecular formula is C17H25N5. The lowest BCUT2D eigenvalue weighted by Crippen LogP contribution is -2.05. The molecule has 2 unspecified atom stereocenters. The zero-order valence-corrected chi connectivity index (χ0v) is 13.8. The Balaban J connectivity index is 1.91. The zero-order chi connectivity index (χ0) is 16.1. The maximum atomic E-state index is 5.52. The van der Waals surface area contributed by atoms with Crippen LogP contribution in [-0.2, 0) is 0 Å². The van der Waals surface area contributed by atoms with Crippen LogP contribution in [-0.4, -0.2) is 19.9 Å². The molecule has 2 atom stereocenters. The van der Waals surface area contributed by atoms with E-state index in [1.807, 2.05) is 24.8 Å². The quantitative estimate of drug-likeness (QED) is 0.880. The number of nitrogens with zero attached hydrogens (tertiary/aromatic N) is 4. The fourth-order valence-electron chi connectivity index (χ4n) is 2.30. The monoisotopic (exact) mass is 299 g/mol. The van der Waals surface area contributed by atoms with E-state index in [1.54, 1.807) is 0 Å². The molecule has 0 spiro atoms. The van der Waals surface area contributed by atoms with Crippen molar-refractivity contribution in [3.8, 4) is 0 Å². The Hall–Kier alpha value is -2.04. The van der Waals surface area contributed by atoms with Crippen molar-refractivity contribution in [2.24, 2.45) is 0 Å². The molecule has 0 aliphatic heterocycles. The van der Waals surface area contributed by atoms with E-state index in [1.165, 1.54) is 5.56 Å². The second-order valence-corrected chi connectivity index (χ2v) is 6.28. The first-order valence-corrected chi connectivity index (χ1v) is 7.86. The fourth-order valence-corrected chi connectivity index (χ4v) is 2.30. The molecule has 22 heavy (non-hydrogen) atoms. The third-order valence-corrected chi connectivity index (χ3v) is 4.09. The average Bonchev–Trinajstić information content (AvgIpc) is 2.53. The lowest BCUT2D eigenvalue weighted by atomic mass is 9.93. The summed E-state index contributed by atoms with van der Waals surface area (Å²) in [5.41, 5.74) is 7.83. The van der Waals surface area contributed by atoms with Gasteiger partial charge in [0.05, 0.1) is 0 Å². The topological polar surface area (TPSA) is 77.6 Å². The van der Waals surface area contributed by atoms with Crippen molar-refractivity contribution in [1.29, 1.82) is 0 Å². The van der Waals surface area contributed by atoms with Crippen LogP contribution in [0.3, 0.4) is 0 Å². The van der Waals surface area contributed by atoms with Crippen molar-refractivity contribution < 1.29 is 0 Å². The normalized spacial score (nSPS) is 14.0. The van der Waals surface area contributed by atoms with Crippen LogP contribution in [0.4, 0.5) is 5.95 Å². The Morgan fingerprint density at radius 2 is 1.27 bits per heavy atom. The number of hydrogen-bond acceptors (Lipinski definition) is 5. The minimum absolute atomic E-state index is 0.322. The largest absolute Gasteiger partial charge is 0.368 e. The van der Waals surface area contributed by atoms with Gasteiger partial charge in [0.15, 0.2) is 0 Å². The van der Waals surface area contributed by atoms with Crippen LogP contribution < -0.4 is 5.73 Å². The third kappa shape index (κ3) is 4.23. The van der Waals surface area contributed by atoms with Gasteiger partial charge in [-0.2, -0.15) is 0 Å².